The van der Waals surface area contributed by atoms with Crippen LogP contribution in [0.2, 0.25) is 0 Å². The second-order valence-electron chi connectivity index (χ2n) is 6.66. The van der Waals surface area contributed by atoms with Gasteiger partial charge in [-0.1, -0.05) is 61.7 Å². The summed E-state index contributed by atoms with van der Waals surface area (Å²) < 4.78 is 0. The molecule has 0 spiro atoms. The lowest BCUT2D eigenvalue weighted by Gasteiger charge is -2.37. The number of rotatable bonds is 2. The third-order valence-corrected chi connectivity index (χ3v) is 5.54. The van der Waals surface area contributed by atoms with Crippen molar-refractivity contribution in [2.45, 2.75) is 43.9 Å². The second kappa shape index (κ2) is 4.99. The number of fused-ring (bicyclic) bond motifs is 3. The van der Waals surface area contributed by atoms with E-state index in [0.717, 1.165) is 19.3 Å². The van der Waals surface area contributed by atoms with Gasteiger partial charge in [0.25, 0.3) is 0 Å². The van der Waals surface area contributed by atoms with Crippen LogP contribution in [-0.4, -0.2) is 11.7 Å². The van der Waals surface area contributed by atoms with Gasteiger partial charge in [-0.3, -0.25) is 0 Å². The molecule has 0 aromatic heterocycles. The molecule has 0 heterocycles. The molecule has 0 aliphatic heterocycles. The fourth-order valence-electron chi connectivity index (χ4n) is 4.40. The molecule has 4 rings (SSSR count). The standard InChI is InChI=1S/C20H22O/c21-14-20(11-4-1-5-12-20)19-10-6-9-17-16-8-3-2-7-15(16)13-18(17)19/h2-3,6-10,21H,1,4-5,11-14H2. The lowest BCUT2D eigenvalue weighted by molar-refractivity contribution is 0.151. The maximum Gasteiger partial charge on any atom is 0.0528 e. The van der Waals surface area contributed by atoms with Crippen molar-refractivity contribution in [3.63, 3.8) is 0 Å². The van der Waals surface area contributed by atoms with Crippen molar-refractivity contribution in [2.24, 2.45) is 0 Å². The molecule has 0 saturated heterocycles. The predicted octanol–water partition coefficient (Wildman–Crippen LogP) is 4.45. The van der Waals surface area contributed by atoms with Gasteiger partial charge in [0, 0.05) is 5.41 Å². The average molecular weight is 278 g/mol. The normalized spacial score (nSPS) is 19.1. The van der Waals surface area contributed by atoms with Gasteiger partial charge in [-0.05, 0) is 47.1 Å². The maximum absolute atomic E-state index is 10.1. The molecule has 1 heteroatoms. The molecule has 2 aliphatic rings. The third kappa shape index (κ3) is 1.95. The number of aliphatic hydroxyl groups excluding tert-OH is 1. The summed E-state index contributed by atoms with van der Waals surface area (Å²) in [5.41, 5.74) is 7.10. The Kier molecular flexibility index (Phi) is 3.11. The number of hydrogen-bond donors (Lipinski definition) is 1. The number of hydrogen-bond acceptors (Lipinski definition) is 1. The summed E-state index contributed by atoms with van der Waals surface area (Å²) in [5, 5.41) is 10.1. The van der Waals surface area contributed by atoms with Crippen molar-refractivity contribution < 1.29 is 5.11 Å². The largest absolute Gasteiger partial charge is 0.395 e. The first-order valence-electron chi connectivity index (χ1n) is 8.16. The summed E-state index contributed by atoms with van der Waals surface area (Å²) in [6.07, 6.45) is 7.11. The topological polar surface area (TPSA) is 20.2 Å². The van der Waals surface area contributed by atoms with E-state index in [9.17, 15) is 5.11 Å². The Morgan fingerprint density at radius 1 is 0.857 bits per heavy atom. The van der Waals surface area contributed by atoms with E-state index in [1.54, 1.807) is 0 Å². The van der Waals surface area contributed by atoms with E-state index in [0.29, 0.717) is 6.61 Å². The fraction of sp³-hybridized carbons (Fsp3) is 0.400. The van der Waals surface area contributed by atoms with Crippen molar-refractivity contribution >= 4 is 0 Å². The van der Waals surface area contributed by atoms with Gasteiger partial charge < -0.3 is 5.11 Å². The fourth-order valence-corrected chi connectivity index (χ4v) is 4.40. The summed E-state index contributed by atoms with van der Waals surface area (Å²) in [6.45, 7) is 0.291. The molecule has 0 atom stereocenters. The van der Waals surface area contributed by atoms with Crippen molar-refractivity contribution in [3.8, 4) is 11.1 Å². The molecule has 0 unspecified atom stereocenters. The van der Waals surface area contributed by atoms with Crippen LogP contribution in [0.4, 0.5) is 0 Å². The lowest BCUT2D eigenvalue weighted by atomic mass is 9.68. The zero-order chi connectivity index (χ0) is 14.3. The molecule has 0 bridgehead atoms. The molecule has 1 nitrogen and oxygen atoms in total. The van der Waals surface area contributed by atoms with Gasteiger partial charge in [0.2, 0.25) is 0 Å². The highest BCUT2D eigenvalue weighted by atomic mass is 16.3. The Morgan fingerprint density at radius 2 is 1.62 bits per heavy atom. The van der Waals surface area contributed by atoms with Crippen molar-refractivity contribution in [1.29, 1.82) is 0 Å². The van der Waals surface area contributed by atoms with E-state index >= 15 is 0 Å². The lowest BCUT2D eigenvalue weighted by Crippen LogP contribution is -2.34. The van der Waals surface area contributed by atoms with Crippen LogP contribution in [0.15, 0.2) is 42.5 Å². The predicted molar refractivity (Wildman–Crippen MR) is 86.5 cm³/mol. The van der Waals surface area contributed by atoms with E-state index in [-0.39, 0.29) is 5.41 Å². The van der Waals surface area contributed by atoms with Gasteiger partial charge >= 0.3 is 0 Å². The summed E-state index contributed by atoms with van der Waals surface area (Å²) in [5.74, 6) is 0. The molecule has 2 aromatic carbocycles. The SMILES string of the molecule is OCC1(c2cccc3c2Cc2ccccc2-3)CCCCC1. The van der Waals surface area contributed by atoms with Crippen LogP contribution in [-0.2, 0) is 11.8 Å². The van der Waals surface area contributed by atoms with E-state index in [4.69, 9.17) is 0 Å². The van der Waals surface area contributed by atoms with Gasteiger partial charge in [-0.2, -0.15) is 0 Å². The van der Waals surface area contributed by atoms with Crippen LogP contribution in [0.25, 0.3) is 11.1 Å². The molecular formula is C20H22O. The van der Waals surface area contributed by atoms with Gasteiger partial charge in [-0.25, -0.2) is 0 Å². The number of benzene rings is 2. The van der Waals surface area contributed by atoms with E-state index < -0.39 is 0 Å². The van der Waals surface area contributed by atoms with Crippen molar-refractivity contribution in [1.82, 2.24) is 0 Å². The Labute approximate surface area is 126 Å². The van der Waals surface area contributed by atoms with Crippen LogP contribution in [0.3, 0.4) is 0 Å². The first-order chi connectivity index (χ1) is 10.3. The van der Waals surface area contributed by atoms with Gasteiger partial charge in [0.05, 0.1) is 6.61 Å². The molecule has 2 aliphatic carbocycles. The summed E-state index contributed by atoms with van der Waals surface area (Å²) in [4.78, 5) is 0. The van der Waals surface area contributed by atoms with Gasteiger partial charge in [-0.15, -0.1) is 0 Å². The molecule has 1 N–H and O–H groups in total. The van der Waals surface area contributed by atoms with E-state index in [1.165, 1.54) is 47.1 Å². The van der Waals surface area contributed by atoms with Crippen molar-refractivity contribution in [2.75, 3.05) is 6.61 Å². The van der Waals surface area contributed by atoms with Crippen LogP contribution in [0.5, 0.6) is 0 Å². The average Bonchev–Trinajstić information content (AvgIpc) is 2.94. The number of aliphatic hydroxyl groups is 1. The molecule has 108 valence electrons. The third-order valence-electron chi connectivity index (χ3n) is 5.54. The minimum absolute atomic E-state index is 0.00559. The molecule has 1 saturated carbocycles. The monoisotopic (exact) mass is 278 g/mol. The molecule has 0 radical (unpaired) electrons. The van der Waals surface area contributed by atoms with Crippen LogP contribution in [0.1, 0.15) is 48.8 Å². The minimum Gasteiger partial charge on any atom is -0.395 e. The molecule has 2 aromatic rings. The molecule has 21 heavy (non-hydrogen) atoms. The molecule has 1 fully saturated rings. The van der Waals surface area contributed by atoms with E-state index in [2.05, 4.69) is 42.5 Å². The molecular weight excluding hydrogens is 256 g/mol. The minimum atomic E-state index is 0.00559. The zero-order valence-electron chi connectivity index (χ0n) is 12.4. The smallest absolute Gasteiger partial charge is 0.0528 e. The Bertz CT molecular complexity index is 665. The Balaban J connectivity index is 1.86. The summed E-state index contributed by atoms with van der Waals surface area (Å²) >= 11 is 0. The van der Waals surface area contributed by atoms with Crippen LogP contribution >= 0.6 is 0 Å². The zero-order valence-corrected chi connectivity index (χ0v) is 12.4. The van der Waals surface area contributed by atoms with Gasteiger partial charge in [0.15, 0.2) is 0 Å². The van der Waals surface area contributed by atoms with Crippen LogP contribution in [0, 0.1) is 0 Å². The highest BCUT2D eigenvalue weighted by Crippen LogP contribution is 2.46. The molecule has 0 amide bonds. The van der Waals surface area contributed by atoms with E-state index in [1.807, 2.05) is 0 Å². The van der Waals surface area contributed by atoms with Crippen molar-refractivity contribution in [3.05, 3.63) is 59.2 Å². The Morgan fingerprint density at radius 3 is 2.43 bits per heavy atom. The first-order valence-corrected chi connectivity index (χ1v) is 8.16. The highest BCUT2D eigenvalue weighted by Gasteiger charge is 2.36. The van der Waals surface area contributed by atoms with Crippen LogP contribution < -0.4 is 0 Å². The quantitative estimate of drug-likeness (QED) is 0.734. The highest BCUT2D eigenvalue weighted by molar-refractivity contribution is 5.78. The van der Waals surface area contributed by atoms with Gasteiger partial charge in [0.1, 0.15) is 0 Å². The first kappa shape index (κ1) is 13.1. The summed E-state index contributed by atoms with van der Waals surface area (Å²) in [7, 11) is 0. The second-order valence-corrected chi connectivity index (χ2v) is 6.66. The maximum atomic E-state index is 10.1. The Hall–Kier alpha value is -1.60. The summed E-state index contributed by atoms with van der Waals surface area (Å²) in [6, 6.07) is 15.4.